The third-order valence-electron chi connectivity index (χ3n) is 9.39. The predicted octanol–water partition coefficient (Wildman–Crippen LogP) is 8.35. The lowest BCUT2D eigenvalue weighted by Gasteiger charge is -2.15. The van der Waals surface area contributed by atoms with E-state index in [0.29, 0.717) is 85.2 Å². The SMILES string of the molecule is C#Cc1cc(Nc2cc(Oc3ccc(NC(=O)Nc4cc(C(C)(C)C)nn4-c4ccc(N(C)C)cc4)c4ccccc34)ccn2)cc(C(=O)NCCOCCOCCOC)c1. The maximum Gasteiger partial charge on any atom is 0.324 e. The molecule has 0 unspecified atom stereocenters. The minimum absolute atomic E-state index is 0.244. The number of urea groups is 1. The Morgan fingerprint density at radius 2 is 1.57 bits per heavy atom. The zero-order valence-corrected chi connectivity index (χ0v) is 35.4. The normalized spacial score (nSPS) is 11.2. The Bertz CT molecular complexity index is 2490. The van der Waals surface area contributed by atoms with Gasteiger partial charge in [0.1, 0.15) is 23.1 Å². The molecule has 14 nitrogen and oxygen atoms in total. The van der Waals surface area contributed by atoms with Crippen molar-refractivity contribution in [3.8, 4) is 29.5 Å². The van der Waals surface area contributed by atoms with Gasteiger partial charge in [-0.2, -0.15) is 5.10 Å². The van der Waals surface area contributed by atoms with Gasteiger partial charge in [-0.3, -0.25) is 10.1 Å². The second kappa shape index (κ2) is 20.4. The molecule has 0 bridgehead atoms. The quantitative estimate of drug-likeness (QED) is 0.0492. The summed E-state index contributed by atoms with van der Waals surface area (Å²) in [6, 6.07) is 29.3. The molecule has 0 aliphatic rings. The van der Waals surface area contributed by atoms with Gasteiger partial charge in [0.2, 0.25) is 0 Å². The molecule has 316 valence electrons. The highest BCUT2D eigenvalue weighted by molar-refractivity contribution is 6.07. The summed E-state index contributed by atoms with van der Waals surface area (Å²) in [4.78, 5) is 33.1. The van der Waals surface area contributed by atoms with Gasteiger partial charge in [-0.05, 0) is 60.7 Å². The Morgan fingerprint density at radius 3 is 2.30 bits per heavy atom. The number of rotatable bonds is 18. The number of nitrogens with zero attached hydrogens (tertiary/aromatic N) is 4. The summed E-state index contributed by atoms with van der Waals surface area (Å²) in [6.07, 6.45) is 7.36. The number of nitrogens with one attached hydrogen (secondary N) is 4. The van der Waals surface area contributed by atoms with Crippen LogP contribution in [0.15, 0.2) is 103 Å². The molecule has 0 aliphatic carbocycles. The Kier molecular flexibility index (Phi) is 14.6. The number of hydrogen-bond acceptors (Lipinski definition) is 10. The van der Waals surface area contributed by atoms with Gasteiger partial charge in [0, 0.05) is 84.8 Å². The zero-order valence-electron chi connectivity index (χ0n) is 35.4. The van der Waals surface area contributed by atoms with Gasteiger partial charge < -0.3 is 39.8 Å². The van der Waals surface area contributed by atoms with Crippen molar-refractivity contribution in [2.75, 3.05) is 81.6 Å². The van der Waals surface area contributed by atoms with Crippen LogP contribution in [-0.4, -0.2) is 87.5 Å². The number of carbonyl (C=O) groups excluding carboxylic acids is 2. The molecule has 4 aromatic carbocycles. The molecule has 4 N–H and O–H groups in total. The van der Waals surface area contributed by atoms with Gasteiger partial charge in [0.15, 0.2) is 0 Å². The third-order valence-corrected chi connectivity index (χ3v) is 9.39. The van der Waals surface area contributed by atoms with Crippen molar-refractivity contribution in [1.82, 2.24) is 20.1 Å². The first-order valence-electron chi connectivity index (χ1n) is 19.8. The van der Waals surface area contributed by atoms with Crippen molar-refractivity contribution in [3.63, 3.8) is 0 Å². The molecule has 0 saturated heterocycles. The monoisotopic (exact) mass is 824 g/mol. The van der Waals surface area contributed by atoms with E-state index in [1.807, 2.05) is 79.7 Å². The number of fused-ring (bicyclic) bond motifs is 1. The summed E-state index contributed by atoms with van der Waals surface area (Å²) < 4.78 is 24.0. The smallest absolute Gasteiger partial charge is 0.324 e. The fourth-order valence-electron chi connectivity index (χ4n) is 6.20. The van der Waals surface area contributed by atoms with Crippen LogP contribution in [0.5, 0.6) is 11.5 Å². The predicted molar refractivity (Wildman–Crippen MR) is 241 cm³/mol. The number of anilines is 5. The lowest BCUT2D eigenvalue weighted by atomic mass is 9.92. The van der Waals surface area contributed by atoms with Crippen molar-refractivity contribution in [2.24, 2.45) is 0 Å². The van der Waals surface area contributed by atoms with Gasteiger partial charge in [0.05, 0.1) is 50.1 Å². The average molecular weight is 825 g/mol. The number of ether oxygens (including phenoxy) is 4. The number of aromatic nitrogens is 3. The molecule has 14 heteroatoms. The van der Waals surface area contributed by atoms with Gasteiger partial charge in [-0.25, -0.2) is 14.5 Å². The van der Waals surface area contributed by atoms with E-state index in [1.165, 1.54) is 0 Å². The molecular formula is C47H52N8O6. The number of methoxy groups -OCH3 is 1. The molecule has 0 aliphatic heterocycles. The Labute approximate surface area is 356 Å². The molecular weight excluding hydrogens is 773 g/mol. The third kappa shape index (κ3) is 11.9. The van der Waals surface area contributed by atoms with E-state index in [9.17, 15) is 9.59 Å². The summed E-state index contributed by atoms with van der Waals surface area (Å²) in [5.41, 5.74) is 4.55. The first-order chi connectivity index (χ1) is 29.4. The van der Waals surface area contributed by atoms with E-state index in [1.54, 1.807) is 54.4 Å². The number of amides is 3. The fourth-order valence-corrected chi connectivity index (χ4v) is 6.20. The van der Waals surface area contributed by atoms with Gasteiger partial charge in [0.25, 0.3) is 5.91 Å². The van der Waals surface area contributed by atoms with Crippen LogP contribution >= 0.6 is 0 Å². The first kappa shape index (κ1) is 43.7. The van der Waals surface area contributed by atoms with Crippen molar-refractivity contribution < 1.29 is 28.5 Å². The summed E-state index contributed by atoms with van der Waals surface area (Å²) in [5.74, 6) is 4.42. The zero-order chi connectivity index (χ0) is 43.4. The Morgan fingerprint density at radius 1 is 0.836 bits per heavy atom. The maximum atomic E-state index is 13.6. The van der Waals surface area contributed by atoms with Crippen molar-refractivity contribution in [3.05, 3.63) is 120 Å². The van der Waals surface area contributed by atoms with E-state index in [4.69, 9.17) is 30.5 Å². The minimum atomic E-state index is -0.422. The highest BCUT2D eigenvalue weighted by Crippen LogP contribution is 2.35. The van der Waals surface area contributed by atoms with Crippen LogP contribution in [0.2, 0.25) is 0 Å². The first-order valence-corrected chi connectivity index (χ1v) is 19.8. The van der Waals surface area contributed by atoms with E-state index in [0.717, 1.165) is 27.8 Å². The van der Waals surface area contributed by atoms with E-state index in [-0.39, 0.29) is 11.3 Å². The van der Waals surface area contributed by atoms with E-state index >= 15 is 0 Å². The molecule has 2 aromatic heterocycles. The van der Waals surface area contributed by atoms with Crippen molar-refractivity contribution >= 4 is 51.4 Å². The van der Waals surface area contributed by atoms with Crippen LogP contribution in [0.1, 0.15) is 42.4 Å². The molecule has 3 amide bonds. The Balaban J connectivity index is 1.12. The summed E-state index contributed by atoms with van der Waals surface area (Å²) in [7, 11) is 5.59. The number of carbonyl (C=O) groups is 2. The standard InChI is InChI=1S/C47H52N8O6/c1-8-32-27-33(45(56)49-21-22-59-25-26-60-24-23-58-7)29-34(28-32)50-43-30-37(19-20-48-43)61-41-18-17-40(38-11-9-10-12-39(38)41)51-46(57)52-44-31-42(47(2,3)4)53-55(44)36-15-13-35(14-16-36)54(5)6/h1,9-20,27-31H,21-26H2,2-7H3,(H,48,50)(H,49,56)(H2,51,52,57). The van der Waals surface area contributed by atoms with E-state index in [2.05, 4.69) is 52.9 Å². The molecule has 6 aromatic rings. The van der Waals surface area contributed by atoms with Crippen LogP contribution in [0.3, 0.4) is 0 Å². The highest BCUT2D eigenvalue weighted by Gasteiger charge is 2.22. The summed E-state index contributed by atoms with van der Waals surface area (Å²) in [5, 5.41) is 18.6. The second-order valence-electron chi connectivity index (χ2n) is 15.2. The van der Waals surface area contributed by atoms with Crippen LogP contribution < -0.4 is 30.9 Å². The van der Waals surface area contributed by atoms with Crippen molar-refractivity contribution in [1.29, 1.82) is 0 Å². The largest absolute Gasteiger partial charge is 0.457 e. The van der Waals surface area contributed by atoms with Gasteiger partial charge >= 0.3 is 6.03 Å². The van der Waals surface area contributed by atoms with Crippen LogP contribution in [0.25, 0.3) is 16.5 Å². The van der Waals surface area contributed by atoms with Crippen LogP contribution in [-0.2, 0) is 19.6 Å². The second-order valence-corrected chi connectivity index (χ2v) is 15.2. The van der Waals surface area contributed by atoms with Gasteiger partial charge in [-0.15, -0.1) is 6.42 Å². The molecule has 61 heavy (non-hydrogen) atoms. The number of pyridine rings is 1. The molecule has 6 rings (SSSR count). The van der Waals surface area contributed by atoms with E-state index < -0.39 is 6.03 Å². The lowest BCUT2D eigenvalue weighted by molar-refractivity contribution is 0.0255. The topological polar surface area (TPSA) is 153 Å². The lowest BCUT2D eigenvalue weighted by Crippen LogP contribution is -2.27. The van der Waals surface area contributed by atoms with Crippen LogP contribution in [0, 0.1) is 12.3 Å². The number of hydrogen-bond donors (Lipinski definition) is 4. The summed E-state index contributed by atoms with van der Waals surface area (Å²) in [6.45, 7) is 8.78. The number of benzene rings is 4. The highest BCUT2D eigenvalue weighted by atomic mass is 16.5. The van der Waals surface area contributed by atoms with Crippen LogP contribution in [0.4, 0.5) is 33.5 Å². The molecule has 2 heterocycles. The molecule has 0 spiro atoms. The number of terminal acetylenes is 1. The molecule has 0 radical (unpaired) electrons. The van der Waals surface area contributed by atoms with Crippen molar-refractivity contribution in [2.45, 2.75) is 26.2 Å². The molecule has 0 saturated carbocycles. The fraction of sp³-hybridized carbons (Fsp3) is 0.277. The molecule has 0 atom stereocenters. The molecule has 0 fully saturated rings. The Hall–Kier alpha value is -6.92. The summed E-state index contributed by atoms with van der Waals surface area (Å²) >= 11 is 0. The average Bonchev–Trinajstić information content (AvgIpc) is 3.68. The maximum absolute atomic E-state index is 13.6. The van der Waals surface area contributed by atoms with Gasteiger partial charge in [-0.1, -0.05) is 51.0 Å². The minimum Gasteiger partial charge on any atom is -0.457 e.